The Morgan fingerprint density at radius 2 is 2.06 bits per heavy atom. The van der Waals surface area contributed by atoms with Crippen molar-refractivity contribution in [2.75, 3.05) is 0 Å². The molecule has 2 unspecified atom stereocenters. The largest absolute Gasteiger partial charge is 0.445 e. The number of fused-ring (bicyclic) bond motifs is 1. The summed E-state index contributed by atoms with van der Waals surface area (Å²) in [6.07, 6.45) is 16.2. The Kier molecular flexibility index (Phi) is 5.73. The number of hydrogen-bond donors (Lipinski definition) is 0. The van der Waals surface area contributed by atoms with Crippen LogP contribution in [0.5, 0.6) is 0 Å². The van der Waals surface area contributed by atoms with Gasteiger partial charge in [0, 0.05) is 40.1 Å². The summed E-state index contributed by atoms with van der Waals surface area (Å²) < 4.78 is 8.22. The highest BCUT2D eigenvalue weighted by molar-refractivity contribution is 6.30. The van der Waals surface area contributed by atoms with Crippen LogP contribution in [0.25, 0.3) is 22.7 Å². The molecule has 0 saturated carbocycles. The Morgan fingerprint density at radius 1 is 1.19 bits per heavy atom. The molecule has 0 amide bonds. The van der Waals surface area contributed by atoms with E-state index < -0.39 is 0 Å². The number of nitrogens with zero attached hydrogens (tertiary/aromatic N) is 6. The van der Waals surface area contributed by atoms with Crippen molar-refractivity contribution in [2.45, 2.75) is 32.2 Å². The fourth-order valence-electron chi connectivity index (χ4n) is 4.82. The summed E-state index contributed by atoms with van der Waals surface area (Å²) in [5.74, 6) is 0.815. The van der Waals surface area contributed by atoms with Gasteiger partial charge < -0.3 is 4.42 Å². The second kappa shape index (κ2) is 9.20. The van der Waals surface area contributed by atoms with E-state index >= 15 is 0 Å². The number of aliphatic imine (C=N–C) groups is 1. The van der Waals surface area contributed by atoms with Gasteiger partial charge in [-0.3, -0.25) is 4.99 Å². The monoisotopic (exact) mass is 498 g/mol. The molecule has 3 aromatic heterocycles. The minimum Gasteiger partial charge on any atom is -0.445 e. The molecule has 4 heterocycles. The Bertz CT molecular complexity index is 1610. The highest BCUT2D eigenvalue weighted by Gasteiger charge is 2.26. The first-order valence-corrected chi connectivity index (χ1v) is 12.2. The highest BCUT2D eigenvalue weighted by Crippen LogP contribution is 2.39. The molecule has 0 saturated heterocycles. The molecule has 0 N–H and O–H groups in total. The van der Waals surface area contributed by atoms with E-state index in [2.05, 4.69) is 34.2 Å². The Labute approximate surface area is 212 Å². The number of allylic oxidation sites excluding steroid dienone is 5. The van der Waals surface area contributed by atoms with Crippen LogP contribution in [0.1, 0.15) is 42.4 Å². The lowest BCUT2D eigenvalue weighted by atomic mass is 9.83. The molecule has 36 heavy (non-hydrogen) atoms. The first kappa shape index (κ1) is 22.4. The molecular weight excluding hydrogens is 476 g/mol. The molecule has 1 aliphatic heterocycles. The van der Waals surface area contributed by atoms with Gasteiger partial charge in [0.05, 0.1) is 18.9 Å². The average Bonchev–Trinajstić information content (AvgIpc) is 3.54. The quantitative estimate of drug-likeness (QED) is 0.376. The second-order valence-corrected chi connectivity index (χ2v) is 9.52. The van der Waals surface area contributed by atoms with E-state index in [0.29, 0.717) is 18.1 Å². The van der Waals surface area contributed by atoms with Crippen molar-refractivity contribution in [3.05, 3.63) is 99.6 Å². The summed E-state index contributed by atoms with van der Waals surface area (Å²) in [4.78, 5) is 21.7. The van der Waals surface area contributed by atoms with Crippen LogP contribution in [0.3, 0.4) is 0 Å². The van der Waals surface area contributed by atoms with Crippen LogP contribution >= 0.6 is 11.6 Å². The molecule has 6 rings (SSSR count). The summed E-state index contributed by atoms with van der Waals surface area (Å²) in [5, 5.41) is 10.1. The van der Waals surface area contributed by atoms with Gasteiger partial charge in [0.15, 0.2) is 5.65 Å². The molecule has 0 spiro atoms. The zero-order chi connectivity index (χ0) is 24.6. The van der Waals surface area contributed by atoms with Gasteiger partial charge in [-0.2, -0.15) is 9.61 Å². The van der Waals surface area contributed by atoms with Crippen LogP contribution in [-0.2, 0) is 6.54 Å². The Hall–Kier alpha value is -4.04. The van der Waals surface area contributed by atoms with Gasteiger partial charge in [-0.25, -0.2) is 14.5 Å². The fraction of sp³-hybridized carbons (Fsp3) is 0.222. The van der Waals surface area contributed by atoms with Gasteiger partial charge in [0.1, 0.15) is 6.26 Å². The van der Waals surface area contributed by atoms with E-state index in [4.69, 9.17) is 21.1 Å². The summed E-state index contributed by atoms with van der Waals surface area (Å²) >= 11 is 6.29. The predicted molar refractivity (Wildman–Crippen MR) is 139 cm³/mol. The molecule has 1 aromatic carbocycles. The molecule has 8 nitrogen and oxygen atoms in total. The van der Waals surface area contributed by atoms with Crippen molar-refractivity contribution >= 4 is 29.0 Å². The van der Waals surface area contributed by atoms with E-state index in [0.717, 1.165) is 45.7 Å². The maximum Gasteiger partial charge on any atom is 0.367 e. The average molecular weight is 499 g/mol. The SMILES string of the molecule is CC1CC(Cl)=CC=C1c1cnn2c(=O)n(Cc3ccc(-c4ncco4)cc3)nc2c1C1C=CN=CC1. The van der Waals surface area contributed by atoms with Crippen molar-refractivity contribution in [2.24, 2.45) is 10.9 Å². The van der Waals surface area contributed by atoms with Crippen LogP contribution < -0.4 is 5.69 Å². The van der Waals surface area contributed by atoms with Gasteiger partial charge in [-0.1, -0.05) is 42.8 Å². The number of benzene rings is 1. The first-order chi connectivity index (χ1) is 17.6. The lowest BCUT2D eigenvalue weighted by molar-refractivity contribution is 0.574. The van der Waals surface area contributed by atoms with Gasteiger partial charge in [-0.05, 0) is 48.1 Å². The van der Waals surface area contributed by atoms with Crippen LogP contribution in [0, 0.1) is 5.92 Å². The van der Waals surface area contributed by atoms with E-state index in [1.165, 1.54) is 9.20 Å². The van der Waals surface area contributed by atoms with E-state index in [1.807, 2.05) is 36.6 Å². The molecule has 0 bridgehead atoms. The number of oxazole rings is 1. The normalized spacial score (nSPS) is 19.5. The van der Waals surface area contributed by atoms with Crippen molar-refractivity contribution < 1.29 is 4.42 Å². The standard InChI is InChI=1S/C27H23ClN6O2/c1-17-14-21(28)6-7-22(17)23-15-31-34-25(24(23)19-8-10-29-11-9-19)32-33(27(34)35)16-18-2-4-20(5-3-18)26-30-12-13-36-26/h2-8,10-13,15,17,19H,9,14,16H2,1H3. The van der Waals surface area contributed by atoms with Crippen LogP contribution in [0.4, 0.5) is 0 Å². The zero-order valence-corrected chi connectivity index (χ0v) is 20.3. The lowest BCUT2D eigenvalue weighted by Crippen LogP contribution is -2.23. The van der Waals surface area contributed by atoms with Crippen molar-refractivity contribution in [3.8, 4) is 11.5 Å². The van der Waals surface area contributed by atoms with Gasteiger partial charge in [0.25, 0.3) is 0 Å². The molecule has 4 aromatic rings. The van der Waals surface area contributed by atoms with Gasteiger partial charge >= 0.3 is 5.69 Å². The molecule has 1 aliphatic carbocycles. The molecule has 2 aliphatic rings. The lowest BCUT2D eigenvalue weighted by Gasteiger charge is -2.24. The molecule has 2 atom stereocenters. The third kappa shape index (κ3) is 4.03. The van der Waals surface area contributed by atoms with Crippen molar-refractivity contribution in [1.29, 1.82) is 0 Å². The van der Waals surface area contributed by atoms with E-state index in [1.54, 1.807) is 24.9 Å². The summed E-state index contributed by atoms with van der Waals surface area (Å²) in [6, 6.07) is 7.73. The van der Waals surface area contributed by atoms with Crippen molar-refractivity contribution in [3.63, 3.8) is 0 Å². The van der Waals surface area contributed by atoms with Crippen LogP contribution in [0.2, 0.25) is 0 Å². The third-order valence-electron chi connectivity index (χ3n) is 6.64. The number of halogens is 1. The zero-order valence-electron chi connectivity index (χ0n) is 19.6. The molecule has 9 heteroatoms. The molecule has 180 valence electrons. The first-order valence-electron chi connectivity index (χ1n) is 11.8. The molecule has 0 fully saturated rings. The second-order valence-electron chi connectivity index (χ2n) is 9.04. The minimum atomic E-state index is -0.281. The van der Waals surface area contributed by atoms with Crippen LogP contribution in [-0.4, -0.2) is 30.6 Å². The smallest absolute Gasteiger partial charge is 0.367 e. The summed E-state index contributed by atoms with van der Waals surface area (Å²) in [5.41, 5.74) is 5.20. The number of rotatable bonds is 5. The minimum absolute atomic E-state index is 0.0350. The maximum absolute atomic E-state index is 13.3. The predicted octanol–water partition coefficient (Wildman–Crippen LogP) is 5.21. The van der Waals surface area contributed by atoms with E-state index in [-0.39, 0.29) is 17.5 Å². The van der Waals surface area contributed by atoms with Gasteiger partial charge in [-0.15, -0.1) is 5.10 Å². The number of hydrogen-bond acceptors (Lipinski definition) is 6. The van der Waals surface area contributed by atoms with E-state index in [9.17, 15) is 4.79 Å². The highest BCUT2D eigenvalue weighted by atomic mass is 35.5. The van der Waals surface area contributed by atoms with Crippen LogP contribution in [0.15, 0.2) is 86.6 Å². The third-order valence-corrected chi connectivity index (χ3v) is 6.92. The topological polar surface area (TPSA) is 90.6 Å². The Balaban J connectivity index is 1.43. The van der Waals surface area contributed by atoms with Crippen molar-refractivity contribution in [1.82, 2.24) is 24.4 Å². The summed E-state index contributed by atoms with van der Waals surface area (Å²) in [6.45, 7) is 2.47. The molecule has 0 radical (unpaired) electrons. The maximum atomic E-state index is 13.3. The van der Waals surface area contributed by atoms with Gasteiger partial charge in [0.2, 0.25) is 5.89 Å². The fourth-order valence-corrected chi connectivity index (χ4v) is 5.11. The molecular formula is C27H23ClN6O2. The number of aromatic nitrogens is 5. The summed E-state index contributed by atoms with van der Waals surface area (Å²) in [7, 11) is 0. The Morgan fingerprint density at radius 3 is 2.78 bits per heavy atom.